The fourth-order valence-electron chi connectivity index (χ4n) is 2.07. The summed E-state index contributed by atoms with van der Waals surface area (Å²) in [5.74, 6) is -0.108. The van der Waals surface area contributed by atoms with Gasteiger partial charge in [0.05, 0.1) is 0 Å². The molecule has 1 saturated heterocycles. The number of carbonyl (C=O) groups is 2. The second-order valence-electron chi connectivity index (χ2n) is 5.07. The molecule has 2 fully saturated rings. The molecule has 2 unspecified atom stereocenters. The van der Waals surface area contributed by atoms with Crippen molar-refractivity contribution >= 4 is 11.8 Å². The molecule has 0 aromatic rings. The SMILES string of the molecule is CC(NC(=O)CC1CCCN1)C(=O)NC1CC1. The third-order valence-electron chi connectivity index (χ3n) is 3.29. The first kappa shape index (κ1) is 12.4. The fraction of sp³-hybridized carbons (Fsp3) is 0.833. The van der Waals surface area contributed by atoms with Crippen molar-refractivity contribution in [1.82, 2.24) is 16.0 Å². The van der Waals surface area contributed by atoms with Gasteiger partial charge in [0.2, 0.25) is 11.8 Å². The Bertz CT molecular complexity index is 296. The quantitative estimate of drug-likeness (QED) is 0.628. The van der Waals surface area contributed by atoms with E-state index in [4.69, 9.17) is 0 Å². The summed E-state index contributed by atoms with van der Waals surface area (Å²) in [6.07, 6.45) is 4.80. The summed E-state index contributed by atoms with van der Waals surface area (Å²) >= 11 is 0. The lowest BCUT2D eigenvalue weighted by Gasteiger charge is -2.15. The molecule has 1 heterocycles. The van der Waals surface area contributed by atoms with Crippen molar-refractivity contribution in [3.8, 4) is 0 Å². The molecule has 0 radical (unpaired) electrons. The van der Waals surface area contributed by atoms with Gasteiger partial charge in [0, 0.05) is 18.5 Å². The van der Waals surface area contributed by atoms with Gasteiger partial charge in [0.15, 0.2) is 0 Å². The van der Waals surface area contributed by atoms with E-state index in [1.807, 2.05) is 0 Å². The number of nitrogens with one attached hydrogen (secondary N) is 3. The molecule has 0 aromatic carbocycles. The van der Waals surface area contributed by atoms with Crippen LogP contribution in [0.1, 0.15) is 39.0 Å². The van der Waals surface area contributed by atoms with Gasteiger partial charge < -0.3 is 16.0 Å². The molecule has 2 atom stereocenters. The molecular formula is C12H21N3O2. The topological polar surface area (TPSA) is 70.2 Å². The smallest absolute Gasteiger partial charge is 0.242 e. The van der Waals surface area contributed by atoms with Crippen molar-refractivity contribution in [2.75, 3.05) is 6.54 Å². The van der Waals surface area contributed by atoms with E-state index in [-0.39, 0.29) is 17.9 Å². The molecule has 1 aliphatic heterocycles. The van der Waals surface area contributed by atoms with Gasteiger partial charge in [-0.25, -0.2) is 0 Å². The number of rotatable bonds is 5. The zero-order chi connectivity index (χ0) is 12.3. The van der Waals surface area contributed by atoms with Crippen LogP contribution in [0.4, 0.5) is 0 Å². The maximum Gasteiger partial charge on any atom is 0.242 e. The van der Waals surface area contributed by atoms with E-state index in [0.29, 0.717) is 12.5 Å². The third-order valence-corrected chi connectivity index (χ3v) is 3.29. The standard InChI is InChI=1S/C12H21N3O2/c1-8(12(17)15-9-4-5-9)14-11(16)7-10-3-2-6-13-10/h8-10,13H,2-7H2,1H3,(H,14,16)(H,15,17). The molecular weight excluding hydrogens is 218 g/mol. The van der Waals surface area contributed by atoms with Crippen LogP contribution in [-0.2, 0) is 9.59 Å². The van der Waals surface area contributed by atoms with E-state index in [1.54, 1.807) is 6.92 Å². The predicted octanol–water partition coefficient (Wildman–Crippen LogP) is -0.0882. The van der Waals surface area contributed by atoms with Crippen LogP contribution in [0.25, 0.3) is 0 Å². The number of carbonyl (C=O) groups excluding carboxylic acids is 2. The highest BCUT2D eigenvalue weighted by Gasteiger charge is 2.26. The van der Waals surface area contributed by atoms with E-state index in [0.717, 1.165) is 32.2 Å². The van der Waals surface area contributed by atoms with Crippen molar-refractivity contribution in [3.05, 3.63) is 0 Å². The fourth-order valence-corrected chi connectivity index (χ4v) is 2.07. The molecule has 2 amide bonds. The number of amides is 2. The monoisotopic (exact) mass is 239 g/mol. The molecule has 2 aliphatic rings. The van der Waals surface area contributed by atoms with Crippen LogP contribution in [0.2, 0.25) is 0 Å². The highest BCUT2D eigenvalue weighted by Crippen LogP contribution is 2.18. The van der Waals surface area contributed by atoms with E-state index in [9.17, 15) is 9.59 Å². The van der Waals surface area contributed by atoms with Gasteiger partial charge in [0.1, 0.15) is 6.04 Å². The van der Waals surface area contributed by atoms with Gasteiger partial charge >= 0.3 is 0 Å². The molecule has 3 N–H and O–H groups in total. The third kappa shape index (κ3) is 4.00. The van der Waals surface area contributed by atoms with E-state index in [2.05, 4.69) is 16.0 Å². The van der Waals surface area contributed by atoms with Crippen molar-refractivity contribution in [3.63, 3.8) is 0 Å². The van der Waals surface area contributed by atoms with E-state index < -0.39 is 6.04 Å². The number of hydrogen-bond donors (Lipinski definition) is 3. The Labute approximate surface area is 102 Å². The van der Waals surface area contributed by atoms with Gasteiger partial charge in [-0.05, 0) is 39.2 Å². The zero-order valence-corrected chi connectivity index (χ0v) is 10.3. The van der Waals surface area contributed by atoms with Gasteiger partial charge in [-0.15, -0.1) is 0 Å². The van der Waals surface area contributed by atoms with Gasteiger partial charge in [-0.1, -0.05) is 0 Å². The summed E-state index contributed by atoms with van der Waals surface area (Å²) in [6.45, 7) is 2.73. The molecule has 0 spiro atoms. The Morgan fingerprint density at radius 3 is 2.71 bits per heavy atom. The van der Waals surface area contributed by atoms with Crippen LogP contribution in [0.15, 0.2) is 0 Å². The van der Waals surface area contributed by atoms with E-state index in [1.165, 1.54) is 0 Å². The Hall–Kier alpha value is -1.10. The van der Waals surface area contributed by atoms with Crippen molar-refractivity contribution in [2.45, 2.75) is 57.2 Å². The summed E-state index contributed by atoms with van der Waals surface area (Å²) in [5.41, 5.74) is 0. The van der Waals surface area contributed by atoms with Crippen LogP contribution in [0.3, 0.4) is 0 Å². The molecule has 0 aromatic heterocycles. The molecule has 17 heavy (non-hydrogen) atoms. The minimum absolute atomic E-state index is 0.0390. The average Bonchev–Trinajstić information content (AvgIpc) is 2.93. The maximum atomic E-state index is 11.7. The normalized spacial score (nSPS) is 25.4. The highest BCUT2D eigenvalue weighted by atomic mass is 16.2. The van der Waals surface area contributed by atoms with Gasteiger partial charge in [-0.3, -0.25) is 9.59 Å². The van der Waals surface area contributed by atoms with Crippen LogP contribution in [-0.4, -0.2) is 36.5 Å². The minimum Gasteiger partial charge on any atom is -0.352 e. The summed E-state index contributed by atoms with van der Waals surface area (Å²) in [6, 6.07) is 0.205. The lowest BCUT2D eigenvalue weighted by atomic mass is 10.1. The molecule has 5 heteroatoms. The van der Waals surface area contributed by atoms with Gasteiger partial charge in [0.25, 0.3) is 0 Å². The van der Waals surface area contributed by atoms with Crippen molar-refractivity contribution in [1.29, 1.82) is 0 Å². The summed E-state index contributed by atoms with van der Waals surface area (Å²) < 4.78 is 0. The Balaban J connectivity index is 1.67. The largest absolute Gasteiger partial charge is 0.352 e. The first-order chi connectivity index (χ1) is 8.15. The zero-order valence-electron chi connectivity index (χ0n) is 10.3. The summed E-state index contributed by atoms with van der Waals surface area (Å²) in [4.78, 5) is 23.3. The van der Waals surface area contributed by atoms with Crippen LogP contribution < -0.4 is 16.0 Å². The lowest BCUT2D eigenvalue weighted by molar-refractivity contribution is -0.128. The summed E-state index contributed by atoms with van der Waals surface area (Å²) in [5, 5.41) is 8.90. The maximum absolute atomic E-state index is 11.7. The average molecular weight is 239 g/mol. The van der Waals surface area contributed by atoms with Gasteiger partial charge in [-0.2, -0.15) is 0 Å². The second kappa shape index (κ2) is 5.49. The van der Waals surface area contributed by atoms with Crippen LogP contribution >= 0.6 is 0 Å². The Kier molecular flexibility index (Phi) is 3.99. The molecule has 2 rings (SSSR count). The predicted molar refractivity (Wildman–Crippen MR) is 64.4 cm³/mol. The molecule has 5 nitrogen and oxygen atoms in total. The Morgan fingerprint density at radius 1 is 1.35 bits per heavy atom. The van der Waals surface area contributed by atoms with Crippen molar-refractivity contribution in [2.24, 2.45) is 0 Å². The van der Waals surface area contributed by atoms with Crippen molar-refractivity contribution < 1.29 is 9.59 Å². The molecule has 1 saturated carbocycles. The second-order valence-corrected chi connectivity index (χ2v) is 5.07. The first-order valence-corrected chi connectivity index (χ1v) is 6.48. The lowest BCUT2D eigenvalue weighted by Crippen LogP contribution is -2.46. The minimum atomic E-state index is -0.426. The molecule has 96 valence electrons. The van der Waals surface area contributed by atoms with Crippen LogP contribution in [0.5, 0.6) is 0 Å². The Morgan fingerprint density at radius 2 is 2.12 bits per heavy atom. The van der Waals surface area contributed by atoms with E-state index >= 15 is 0 Å². The molecule has 0 bridgehead atoms. The summed E-state index contributed by atoms with van der Waals surface area (Å²) in [7, 11) is 0. The highest BCUT2D eigenvalue weighted by molar-refractivity contribution is 5.87. The number of hydrogen-bond acceptors (Lipinski definition) is 3. The van der Waals surface area contributed by atoms with Crippen LogP contribution in [0, 0.1) is 0 Å². The first-order valence-electron chi connectivity index (χ1n) is 6.48. The molecule has 1 aliphatic carbocycles.